The van der Waals surface area contributed by atoms with E-state index in [0.717, 1.165) is 5.56 Å². The molecule has 1 atom stereocenters. The van der Waals surface area contributed by atoms with Crippen molar-refractivity contribution >= 4 is 27.5 Å². The van der Waals surface area contributed by atoms with E-state index in [2.05, 4.69) is 15.9 Å². The molecule has 2 aromatic carbocycles. The summed E-state index contributed by atoms with van der Waals surface area (Å²) >= 11 is 9.32. The zero-order valence-corrected chi connectivity index (χ0v) is 13.3. The van der Waals surface area contributed by atoms with Gasteiger partial charge < -0.3 is 9.47 Å². The van der Waals surface area contributed by atoms with Crippen LogP contribution < -0.4 is 9.47 Å². The summed E-state index contributed by atoms with van der Waals surface area (Å²) in [7, 11) is 3.14. The molecule has 20 heavy (non-hydrogen) atoms. The SMILES string of the molecule is COc1ccc(C(Br)c2cccc(Cl)c2F)c(OC)c1. The summed E-state index contributed by atoms with van der Waals surface area (Å²) in [4.78, 5) is -0.359. The highest BCUT2D eigenvalue weighted by molar-refractivity contribution is 9.09. The fraction of sp³-hybridized carbons (Fsp3) is 0.200. The molecule has 1 unspecified atom stereocenters. The van der Waals surface area contributed by atoms with Crippen LogP contribution in [0.2, 0.25) is 5.02 Å². The van der Waals surface area contributed by atoms with Crippen LogP contribution >= 0.6 is 27.5 Å². The lowest BCUT2D eigenvalue weighted by Gasteiger charge is -2.16. The van der Waals surface area contributed by atoms with Crippen molar-refractivity contribution in [1.29, 1.82) is 0 Å². The molecule has 0 spiro atoms. The molecule has 5 heteroatoms. The largest absolute Gasteiger partial charge is 0.497 e. The molecule has 0 saturated heterocycles. The molecule has 0 aliphatic carbocycles. The van der Waals surface area contributed by atoms with Crippen molar-refractivity contribution in [3.05, 3.63) is 58.4 Å². The number of benzene rings is 2. The minimum atomic E-state index is -0.436. The molecule has 106 valence electrons. The Balaban J connectivity index is 2.47. The summed E-state index contributed by atoms with van der Waals surface area (Å²) in [6.07, 6.45) is 0. The van der Waals surface area contributed by atoms with Crippen molar-refractivity contribution in [2.75, 3.05) is 14.2 Å². The lowest BCUT2D eigenvalue weighted by molar-refractivity contribution is 0.391. The average Bonchev–Trinajstić information content (AvgIpc) is 2.48. The molecule has 0 radical (unpaired) electrons. The fourth-order valence-electron chi connectivity index (χ4n) is 1.91. The van der Waals surface area contributed by atoms with E-state index in [1.54, 1.807) is 38.5 Å². The van der Waals surface area contributed by atoms with Gasteiger partial charge in [-0.15, -0.1) is 0 Å². The second kappa shape index (κ2) is 6.46. The maximum atomic E-state index is 14.1. The summed E-state index contributed by atoms with van der Waals surface area (Å²) < 4.78 is 24.6. The van der Waals surface area contributed by atoms with Crippen molar-refractivity contribution in [3.63, 3.8) is 0 Å². The van der Waals surface area contributed by atoms with Gasteiger partial charge in [0, 0.05) is 17.2 Å². The summed E-state index contributed by atoms with van der Waals surface area (Å²) in [5.74, 6) is 0.858. The van der Waals surface area contributed by atoms with Crippen LogP contribution in [0.1, 0.15) is 16.0 Å². The Bertz CT molecular complexity index is 619. The minimum Gasteiger partial charge on any atom is -0.497 e. The van der Waals surface area contributed by atoms with Gasteiger partial charge in [0.05, 0.1) is 24.1 Å². The molecule has 0 heterocycles. The zero-order chi connectivity index (χ0) is 14.7. The highest BCUT2D eigenvalue weighted by Gasteiger charge is 2.20. The topological polar surface area (TPSA) is 18.5 Å². The summed E-state index contributed by atoms with van der Waals surface area (Å²) in [5.41, 5.74) is 1.26. The van der Waals surface area contributed by atoms with Gasteiger partial charge in [-0.3, -0.25) is 0 Å². The Morgan fingerprint density at radius 1 is 1.10 bits per heavy atom. The van der Waals surface area contributed by atoms with Gasteiger partial charge in [0.15, 0.2) is 0 Å². The number of hydrogen-bond donors (Lipinski definition) is 0. The minimum absolute atomic E-state index is 0.0967. The van der Waals surface area contributed by atoms with E-state index >= 15 is 0 Å². The van der Waals surface area contributed by atoms with Gasteiger partial charge in [0.25, 0.3) is 0 Å². The van der Waals surface area contributed by atoms with Crippen molar-refractivity contribution in [2.24, 2.45) is 0 Å². The maximum Gasteiger partial charge on any atom is 0.146 e. The third-order valence-electron chi connectivity index (χ3n) is 2.97. The first-order chi connectivity index (χ1) is 9.58. The van der Waals surface area contributed by atoms with Crippen LogP contribution in [0.4, 0.5) is 4.39 Å². The molecule has 0 aliphatic rings. The lowest BCUT2D eigenvalue weighted by atomic mass is 10.0. The molecule has 0 N–H and O–H groups in total. The molecule has 2 aromatic rings. The second-order valence-corrected chi connectivity index (χ2v) is 5.44. The van der Waals surface area contributed by atoms with Crippen molar-refractivity contribution in [2.45, 2.75) is 4.83 Å². The molecule has 0 fully saturated rings. The van der Waals surface area contributed by atoms with Gasteiger partial charge in [-0.1, -0.05) is 45.7 Å². The van der Waals surface area contributed by atoms with E-state index < -0.39 is 5.82 Å². The molecule has 2 nitrogen and oxygen atoms in total. The Hall–Kier alpha value is -1.26. The zero-order valence-electron chi connectivity index (χ0n) is 11.0. The predicted octanol–water partition coefficient (Wildman–Crippen LogP) is 4.98. The summed E-state index contributed by atoms with van der Waals surface area (Å²) in [6, 6.07) is 10.3. The van der Waals surface area contributed by atoms with Crippen molar-refractivity contribution < 1.29 is 13.9 Å². The third kappa shape index (κ3) is 2.91. The van der Waals surface area contributed by atoms with Gasteiger partial charge >= 0.3 is 0 Å². The van der Waals surface area contributed by atoms with E-state index in [4.69, 9.17) is 21.1 Å². The number of hydrogen-bond acceptors (Lipinski definition) is 2. The van der Waals surface area contributed by atoms with Crippen LogP contribution in [0.25, 0.3) is 0 Å². The monoisotopic (exact) mass is 358 g/mol. The predicted molar refractivity (Wildman–Crippen MR) is 81.7 cm³/mol. The van der Waals surface area contributed by atoms with Gasteiger partial charge in [-0.25, -0.2) is 4.39 Å². The number of halogens is 3. The molecule has 0 saturated carbocycles. The first-order valence-electron chi connectivity index (χ1n) is 5.88. The van der Waals surface area contributed by atoms with Gasteiger partial charge in [0.1, 0.15) is 17.3 Å². The van der Waals surface area contributed by atoms with Gasteiger partial charge in [0.2, 0.25) is 0 Å². The smallest absolute Gasteiger partial charge is 0.146 e. The fourth-order valence-corrected chi connectivity index (χ4v) is 2.83. The number of methoxy groups -OCH3 is 2. The van der Waals surface area contributed by atoms with E-state index in [9.17, 15) is 4.39 Å². The molecule has 0 bridgehead atoms. The second-order valence-electron chi connectivity index (χ2n) is 4.11. The van der Waals surface area contributed by atoms with E-state index in [-0.39, 0.29) is 9.85 Å². The Morgan fingerprint density at radius 3 is 2.50 bits per heavy atom. The maximum absolute atomic E-state index is 14.1. The van der Waals surface area contributed by atoms with Crippen LogP contribution in [0.15, 0.2) is 36.4 Å². The number of rotatable bonds is 4. The number of ether oxygens (including phenoxy) is 2. The quantitative estimate of drug-likeness (QED) is 0.717. The van der Waals surface area contributed by atoms with Gasteiger partial charge in [-0.05, 0) is 12.1 Å². The first-order valence-corrected chi connectivity index (χ1v) is 7.17. The highest BCUT2D eigenvalue weighted by Crippen LogP contribution is 2.40. The van der Waals surface area contributed by atoms with E-state index in [1.807, 2.05) is 6.07 Å². The molecule has 0 aromatic heterocycles. The standard InChI is InChI=1S/C15H13BrClFO2/c1-19-9-6-7-10(13(8-9)20-2)14(16)11-4-3-5-12(17)15(11)18/h3-8,14H,1-2H3. The Morgan fingerprint density at radius 2 is 1.85 bits per heavy atom. The molecule has 0 aliphatic heterocycles. The first kappa shape index (κ1) is 15.1. The Labute approximate surface area is 130 Å². The van der Waals surface area contributed by atoms with E-state index in [1.165, 1.54) is 6.07 Å². The van der Waals surface area contributed by atoms with Crippen molar-refractivity contribution in [3.8, 4) is 11.5 Å². The Kier molecular flexibility index (Phi) is 4.89. The highest BCUT2D eigenvalue weighted by atomic mass is 79.9. The average molecular weight is 360 g/mol. The van der Waals surface area contributed by atoms with Crippen molar-refractivity contribution in [1.82, 2.24) is 0 Å². The molecule has 2 rings (SSSR count). The van der Waals surface area contributed by atoms with Crippen LogP contribution in [0.3, 0.4) is 0 Å². The lowest BCUT2D eigenvalue weighted by Crippen LogP contribution is -2.00. The van der Waals surface area contributed by atoms with E-state index in [0.29, 0.717) is 17.1 Å². The van der Waals surface area contributed by atoms with Crippen LogP contribution in [-0.2, 0) is 0 Å². The summed E-state index contributed by atoms with van der Waals surface area (Å²) in [6.45, 7) is 0. The number of alkyl halides is 1. The van der Waals surface area contributed by atoms with Crippen LogP contribution in [0.5, 0.6) is 11.5 Å². The van der Waals surface area contributed by atoms with Crippen LogP contribution in [-0.4, -0.2) is 14.2 Å². The van der Waals surface area contributed by atoms with Crippen LogP contribution in [0, 0.1) is 5.82 Å². The van der Waals surface area contributed by atoms with Gasteiger partial charge in [-0.2, -0.15) is 0 Å². The molecular weight excluding hydrogens is 347 g/mol. The summed E-state index contributed by atoms with van der Waals surface area (Å²) in [5, 5.41) is 0.0967. The normalized spacial score (nSPS) is 12.1. The third-order valence-corrected chi connectivity index (χ3v) is 4.25. The molecule has 0 amide bonds. The molecular formula is C15H13BrClFO2.